The third-order valence-electron chi connectivity index (χ3n) is 4.04. The zero-order chi connectivity index (χ0) is 16.2. The molecule has 1 unspecified atom stereocenters. The number of aromatic amines is 1. The van der Waals surface area contributed by atoms with Crippen molar-refractivity contribution in [3.63, 3.8) is 0 Å². The van der Waals surface area contributed by atoms with Gasteiger partial charge in [0, 0.05) is 37.0 Å². The number of likely N-dealkylation sites (tertiary alicyclic amines) is 1. The molecule has 0 radical (unpaired) electrons. The monoisotopic (exact) mass is 317 g/mol. The first-order valence-corrected chi connectivity index (χ1v) is 7.79. The fraction of sp³-hybridized carbons (Fsp3) is 0.412. The number of aryl methyl sites for hydroxylation is 1. The van der Waals surface area contributed by atoms with Gasteiger partial charge in [0.1, 0.15) is 17.4 Å². The molecule has 1 atom stereocenters. The van der Waals surface area contributed by atoms with Crippen LogP contribution >= 0.6 is 0 Å². The van der Waals surface area contributed by atoms with Crippen molar-refractivity contribution >= 4 is 5.91 Å². The standard InChI is InChI=1S/C17H20FN3O2/c1-12-9-19-17(20-12)13-4-3-7-21(10-13)16(22)11-23-15-6-2-5-14(18)8-15/h2,5-6,8-9,13H,3-4,7,10-11H2,1H3,(H,19,20). The summed E-state index contributed by atoms with van der Waals surface area (Å²) in [6, 6.07) is 5.82. The molecule has 2 heterocycles. The van der Waals surface area contributed by atoms with Crippen LogP contribution in [0.4, 0.5) is 4.39 Å². The minimum Gasteiger partial charge on any atom is -0.484 e. The van der Waals surface area contributed by atoms with Gasteiger partial charge in [-0.15, -0.1) is 0 Å². The number of nitrogens with zero attached hydrogens (tertiary/aromatic N) is 2. The highest BCUT2D eigenvalue weighted by Crippen LogP contribution is 2.25. The van der Waals surface area contributed by atoms with Crippen molar-refractivity contribution < 1.29 is 13.9 Å². The van der Waals surface area contributed by atoms with Crippen LogP contribution < -0.4 is 4.74 Å². The number of H-pyrrole nitrogens is 1. The molecule has 0 aliphatic carbocycles. The van der Waals surface area contributed by atoms with Crippen LogP contribution in [0.3, 0.4) is 0 Å². The Morgan fingerprint density at radius 1 is 1.52 bits per heavy atom. The Kier molecular flexibility index (Phi) is 4.60. The van der Waals surface area contributed by atoms with Gasteiger partial charge in [0.2, 0.25) is 0 Å². The van der Waals surface area contributed by atoms with Crippen molar-refractivity contribution in [1.82, 2.24) is 14.9 Å². The molecule has 6 heteroatoms. The molecule has 1 saturated heterocycles. The lowest BCUT2D eigenvalue weighted by molar-refractivity contribution is -0.134. The molecule has 1 aromatic carbocycles. The van der Waals surface area contributed by atoms with Gasteiger partial charge in [-0.05, 0) is 31.9 Å². The lowest BCUT2D eigenvalue weighted by Gasteiger charge is -2.31. The summed E-state index contributed by atoms with van der Waals surface area (Å²) in [6.45, 7) is 3.25. The van der Waals surface area contributed by atoms with Gasteiger partial charge in [-0.25, -0.2) is 9.37 Å². The molecule has 1 N–H and O–H groups in total. The van der Waals surface area contributed by atoms with E-state index in [0.717, 1.165) is 30.9 Å². The van der Waals surface area contributed by atoms with Gasteiger partial charge in [0.05, 0.1) is 0 Å². The SMILES string of the molecule is Cc1cnc(C2CCCN(C(=O)COc3cccc(F)c3)C2)[nH]1. The maximum absolute atomic E-state index is 13.1. The smallest absolute Gasteiger partial charge is 0.260 e. The Labute approximate surface area is 134 Å². The van der Waals surface area contributed by atoms with Crippen LogP contribution in [0.1, 0.15) is 30.3 Å². The normalized spacial score (nSPS) is 18.0. The number of carbonyl (C=O) groups excluding carboxylic acids is 1. The van der Waals surface area contributed by atoms with Crippen molar-refractivity contribution in [3.05, 3.63) is 47.8 Å². The van der Waals surface area contributed by atoms with Crippen molar-refractivity contribution in [2.75, 3.05) is 19.7 Å². The fourth-order valence-corrected chi connectivity index (χ4v) is 2.86. The van der Waals surface area contributed by atoms with Crippen LogP contribution in [0.25, 0.3) is 0 Å². The van der Waals surface area contributed by atoms with Crippen LogP contribution in [0.5, 0.6) is 5.75 Å². The third kappa shape index (κ3) is 3.88. The Hall–Kier alpha value is -2.37. The number of carbonyl (C=O) groups is 1. The summed E-state index contributed by atoms with van der Waals surface area (Å²) in [7, 11) is 0. The molecule has 0 saturated carbocycles. The van der Waals surface area contributed by atoms with Crippen molar-refractivity contribution in [2.24, 2.45) is 0 Å². The maximum Gasteiger partial charge on any atom is 0.260 e. The van der Waals surface area contributed by atoms with Gasteiger partial charge in [-0.1, -0.05) is 6.07 Å². The minimum absolute atomic E-state index is 0.0760. The molecule has 23 heavy (non-hydrogen) atoms. The maximum atomic E-state index is 13.1. The lowest BCUT2D eigenvalue weighted by Crippen LogP contribution is -2.41. The van der Waals surface area contributed by atoms with Gasteiger partial charge in [0.15, 0.2) is 6.61 Å². The molecule has 0 bridgehead atoms. The highest BCUT2D eigenvalue weighted by molar-refractivity contribution is 5.78. The van der Waals surface area contributed by atoms with E-state index >= 15 is 0 Å². The number of nitrogens with one attached hydrogen (secondary N) is 1. The quantitative estimate of drug-likeness (QED) is 0.943. The number of rotatable bonds is 4. The number of piperidine rings is 1. The molecule has 1 aromatic heterocycles. The second-order valence-corrected chi connectivity index (χ2v) is 5.88. The first-order valence-electron chi connectivity index (χ1n) is 7.79. The van der Waals surface area contributed by atoms with Crippen LogP contribution in [0.15, 0.2) is 30.5 Å². The number of aromatic nitrogens is 2. The zero-order valence-corrected chi connectivity index (χ0v) is 13.1. The molecule has 5 nitrogen and oxygen atoms in total. The van der Waals surface area contributed by atoms with Gasteiger partial charge in [-0.2, -0.15) is 0 Å². The summed E-state index contributed by atoms with van der Waals surface area (Å²) in [4.78, 5) is 21.7. The van der Waals surface area contributed by atoms with Gasteiger partial charge >= 0.3 is 0 Å². The molecule has 1 amide bonds. The number of ether oxygens (including phenoxy) is 1. The van der Waals surface area contributed by atoms with E-state index in [1.54, 1.807) is 17.0 Å². The third-order valence-corrected chi connectivity index (χ3v) is 4.04. The van der Waals surface area contributed by atoms with E-state index in [-0.39, 0.29) is 24.2 Å². The van der Waals surface area contributed by atoms with Crippen LogP contribution in [0.2, 0.25) is 0 Å². The number of hydrogen-bond donors (Lipinski definition) is 1. The number of halogens is 1. The second kappa shape index (κ2) is 6.81. The molecular weight excluding hydrogens is 297 g/mol. The zero-order valence-electron chi connectivity index (χ0n) is 13.1. The molecule has 1 fully saturated rings. The summed E-state index contributed by atoms with van der Waals surface area (Å²) in [5.41, 5.74) is 1.03. The predicted molar refractivity (Wildman–Crippen MR) is 83.8 cm³/mol. The molecule has 3 rings (SSSR count). The first kappa shape index (κ1) is 15.5. The Balaban J connectivity index is 1.56. The van der Waals surface area contributed by atoms with Crippen LogP contribution in [0, 0.1) is 12.7 Å². The van der Waals surface area contributed by atoms with Crippen molar-refractivity contribution in [2.45, 2.75) is 25.7 Å². The molecule has 0 spiro atoms. The van der Waals surface area contributed by atoms with Gasteiger partial charge < -0.3 is 14.6 Å². The fourth-order valence-electron chi connectivity index (χ4n) is 2.86. The topological polar surface area (TPSA) is 58.2 Å². The second-order valence-electron chi connectivity index (χ2n) is 5.88. The molecule has 2 aromatic rings. The number of hydrogen-bond acceptors (Lipinski definition) is 3. The summed E-state index contributed by atoms with van der Waals surface area (Å²) < 4.78 is 18.5. The minimum atomic E-state index is -0.374. The summed E-state index contributed by atoms with van der Waals surface area (Å²) in [5.74, 6) is 1.08. The molecule has 122 valence electrons. The average molecular weight is 317 g/mol. The Morgan fingerprint density at radius 2 is 2.39 bits per heavy atom. The Morgan fingerprint density at radius 3 is 3.13 bits per heavy atom. The summed E-state index contributed by atoms with van der Waals surface area (Å²) >= 11 is 0. The average Bonchev–Trinajstić information content (AvgIpc) is 2.99. The molecular formula is C17H20FN3O2. The van der Waals surface area contributed by atoms with Crippen LogP contribution in [-0.2, 0) is 4.79 Å². The first-order chi connectivity index (χ1) is 11.1. The Bertz CT molecular complexity index is 686. The molecule has 1 aliphatic rings. The van der Waals surface area contributed by atoms with E-state index in [0.29, 0.717) is 12.3 Å². The van der Waals surface area contributed by atoms with Crippen molar-refractivity contribution in [1.29, 1.82) is 0 Å². The highest BCUT2D eigenvalue weighted by atomic mass is 19.1. The van der Waals surface area contributed by atoms with E-state index in [2.05, 4.69) is 9.97 Å². The van der Waals surface area contributed by atoms with E-state index in [9.17, 15) is 9.18 Å². The lowest BCUT2D eigenvalue weighted by atomic mass is 9.97. The number of amides is 1. The van der Waals surface area contributed by atoms with E-state index < -0.39 is 0 Å². The summed E-state index contributed by atoms with van der Waals surface area (Å²) in [6.07, 6.45) is 3.76. The van der Waals surface area contributed by atoms with Gasteiger partial charge in [-0.3, -0.25) is 4.79 Å². The van der Waals surface area contributed by atoms with E-state index in [1.165, 1.54) is 12.1 Å². The van der Waals surface area contributed by atoms with Crippen LogP contribution in [-0.4, -0.2) is 40.5 Å². The number of imidazole rings is 1. The predicted octanol–water partition coefficient (Wildman–Crippen LogP) is 2.64. The largest absolute Gasteiger partial charge is 0.484 e. The molecule has 1 aliphatic heterocycles. The summed E-state index contributed by atoms with van der Waals surface area (Å²) in [5, 5.41) is 0. The highest BCUT2D eigenvalue weighted by Gasteiger charge is 2.26. The number of benzene rings is 1. The van der Waals surface area contributed by atoms with E-state index in [1.807, 2.05) is 13.1 Å². The van der Waals surface area contributed by atoms with E-state index in [4.69, 9.17) is 4.74 Å². The van der Waals surface area contributed by atoms with Crippen molar-refractivity contribution in [3.8, 4) is 5.75 Å². The van der Waals surface area contributed by atoms with Gasteiger partial charge in [0.25, 0.3) is 5.91 Å².